The highest BCUT2D eigenvalue weighted by Crippen LogP contribution is 2.24. The lowest BCUT2D eigenvalue weighted by molar-refractivity contribution is -0.120. The van der Waals surface area contributed by atoms with Gasteiger partial charge < -0.3 is 5.32 Å². The van der Waals surface area contributed by atoms with Gasteiger partial charge in [0.2, 0.25) is 5.91 Å². The zero-order chi connectivity index (χ0) is 18.9. The lowest BCUT2D eigenvalue weighted by Gasteiger charge is -2.23. The minimum atomic E-state index is -3.06. The van der Waals surface area contributed by atoms with E-state index in [1.54, 1.807) is 13.3 Å². The number of carbonyl (C=O) groups is 1. The van der Waals surface area contributed by atoms with Crippen LogP contribution >= 0.6 is 11.8 Å². The van der Waals surface area contributed by atoms with E-state index in [9.17, 15) is 13.2 Å². The lowest BCUT2D eigenvalue weighted by Crippen LogP contribution is -2.47. The first-order valence-corrected chi connectivity index (χ1v) is 11.1. The largest absolute Gasteiger partial charge is 0.349 e. The predicted octanol–water partition coefficient (Wildman–Crippen LogP) is 1.67. The fraction of sp³-hybridized carbons (Fsp3) is 0.471. The third kappa shape index (κ3) is 4.27. The van der Waals surface area contributed by atoms with E-state index in [4.69, 9.17) is 0 Å². The third-order valence-corrected chi connectivity index (χ3v) is 7.41. The molecule has 2 heterocycles. The second kappa shape index (κ2) is 7.03. The number of nitrogens with one attached hydrogen (secondary N) is 1. The van der Waals surface area contributed by atoms with Gasteiger partial charge in [0.25, 0.3) is 0 Å². The van der Waals surface area contributed by atoms with Crippen LogP contribution in [0.15, 0.2) is 29.7 Å². The fourth-order valence-electron chi connectivity index (χ4n) is 2.99. The molecule has 0 radical (unpaired) electrons. The summed E-state index contributed by atoms with van der Waals surface area (Å²) in [4.78, 5) is 12.3. The Morgan fingerprint density at radius 1 is 1.35 bits per heavy atom. The number of amides is 1. The van der Waals surface area contributed by atoms with E-state index in [1.165, 1.54) is 22.9 Å². The molecular formula is C17H22N4O3S2. The van der Waals surface area contributed by atoms with Crippen LogP contribution in [0, 0.1) is 13.8 Å². The van der Waals surface area contributed by atoms with Crippen LogP contribution in [0.1, 0.15) is 24.5 Å². The number of aromatic nitrogens is 3. The smallest absolute Gasteiger partial charge is 0.230 e. The Morgan fingerprint density at radius 3 is 2.77 bits per heavy atom. The van der Waals surface area contributed by atoms with Crippen molar-refractivity contribution in [3.05, 3.63) is 35.7 Å². The van der Waals surface area contributed by atoms with Gasteiger partial charge in [0.15, 0.2) is 15.0 Å². The van der Waals surface area contributed by atoms with Crippen molar-refractivity contribution in [3.63, 3.8) is 0 Å². The van der Waals surface area contributed by atoms with Crippen molar-refractivity contribution < 1.29 is 13.2 Å². The average Bonchev–Trinajstić information content (AvgIpc) is 3.12. The van der Waals surface area contributed by atoms with Gasteiger partial charge in [-0.1, -0.05) is 17.8 Å². The van der Waals surface area contributed by atoms with Crippen LogP contribution in [0.5, 0.6) is 0 Å². The zero-order valence-corrected chi connectivity index (χ0v) is 16.7. The van der Waals surface area contributed by atoms with Crippen LogP contribution in [-0.2, 0) is 14.6 Å². The number of hydrogen-bond acceptors (Lipinski definition) is 6. The minimum absolute atomic E-state index is 0.00473. The van der Waals surface area contributed by atoms with E-state index in [0.717, 1.165) is 5.69 Å². The number of carbonyl (C=O) groups excluding carboxylic acids is 1. The summed E-state index contributed by atoms with van der Waals surface area (Å²) >= 11 is 1.28. The van der Waals surface area contributed by atoms with Crippen LogP contribution in [0.2, 0.25) is 0 Å². The van der Waals surface area contributed by atoms with Crippen LogP contribution < -0.4 is 5.32 Å². The monoisotopic (exact) mass is 394 g/mol. The molecule has 1 aromatic carbocycles. The number of rotatable bonds is 5. The van der Waals surface area contributed by atoms with Gasteiger partial charge in [0.05, 0.1) is 22.8 Å². The molecule has 7 nitrogen and oxygen atoms in total. The Bertz CT molecular complexity index is 939. The summed E-state index contributed by atoms with van der Waals surface area (Å²) in [5.74, 6) is 0.0659. The van der Waals surface area contributed by atoms with E-state index in [2.05, 4.69) is 22.4 Å². The van der Waals surface area contributed by atoms with Gasteiger partial charge in [-0.05, 0) is 50.5 Å². The van der Waals surface area contributed by atoms with Gasteiger partial charge in [-0.3, -0.25) is 9.36 Å². The first-order valence-electron chi connectivity index (χ1n) is 8.29. The van der Waals surface area contributed by atoms with Gasteiger partial charge in [-0.15, -0.1) is 10.2 Å². The molecule has 0 spiro atoms. The molecule has 0 bridgehead atoms. The van der Waals surface area contributed by atoms with Crippen molar-refractivity contribution >= 4 is 27.5 Å². The van der Waals surface area contributed by atoms with E-state index in [1.807, 2.05) is 29.7 Å². The van der Waals surface area contributed by atoms with Gasteiger partial charge in [-0.2, -0.15) is 0 Å². The second-order valence-electron chi connectivity index (χ2n) is 6.99. The number of thioether (sulfide) groups is 1. The summed E-state index contributed by atoms with van der Waals surface area (Å²) < 4.78 is 25.1. The van der Waals surface area contributed by atoms with Crippen molar-refractivity contribution in [2.24, 2.45) is 0 Å². The molecule has 0 unspecified atom stereocenters. The van der Waals surface area contributed by atoms with Crippen molar-refractivity contribution in [3.8, 4) is 5.69 Å². The van der Waals surface area contributed by atoms with Gasteiger partial charge in [-0.25, -0.2) is 8.42 Å². The Balaban J connectivity index is 1.65. The molecule has 1 aromatic heterocycles. The van der Waals surface area contributed by atoms with Crippen LogP contribution in [0.25, 0.3) is 5.69 Å². The van der Waals surface area contributed by atoms with Crippen LogP contribution in [-0.4, -0.2) is 51.9 Å². The Labute approximate surface area is 157 Å². The molecule has 1 atom stereocenters. The summed E-state index contributed by atoms with van der Waals surface area (Å²) in [6.45, 7) is 5.87. The summed E-state index contributed by atoms with van der Waals surface area (Å²) in [6, 6.07) is 6.07. The SMILES string of the molecule is Cc1ccc(-n2cnnc2SCC(=O)N[C@]2(C)CCS(=O)(=O)C2)cc1C. The molecule has 1 amide bonds. The Hall–Kier alpha value is -1.87. The first kappa shape index (κ1) is 18.9. The normalized spacial score (nSPS) is 21.7. The molecule has 26 heavy (non-hydrogen) atoms. The molecule has 1 N–H and O–H groups in total. The number of nitrogens with zero attached hydrogens (tertiary/aromatic N) is 3. The molecular weight excluding hydrogens is 372 g/mol. The highest BCUT2D eigenvalue weighted by molar-refractivity contribution is 7.99. The highest BCUT2D eigenvalue weighted by Gasteiger charge is 2.39. The molecule has 1 aliphatic heterocycles. The second-order valence-corrected chi connectivity index (χ2v) is 10.1. The lowest BCUT2D eigenvalue weighted by atomic mass is 10.0. The maximum atomic E-state index is 12.3. The summed E-state index contributed by atoms with van der Waals surface area (Å²) in [5, 5.41) is 11.5. The van der Waals surface area contributed by atoms with Crippen LogP contribution in [0.3, 0.4) is 0 Å². The number of sulfone groups is 1. The maximum Gasteiger partial charge on any atom is 0.230 e. The third-order valence-electron chi connectivity index (χ3n) is 4.56. The van der Waals surface area contributed by atoms with Crippen molar-refractivity contribution in [2.75, 3.05) is 17.3 Å². The van der Waals surface area contributed by atoms with Crippen LogP contribution in [0.4, 0.5) is 0 Å². The van der Waals surface area contributed by atoms with Crippen molar-refractivity contribution in [1.29, 1.82) is 0 Å². The minimum Gasteiger partial charge on any atom is -0.349 e. The molecule has 3 rings (SSSR count). The molecule has 2 aromatic rings. The van der Waals surface area contributed by atoms with E-state index in [-0.39, 0.29) is 23.2 Å². The van der Waals surface area contributed by atoms with E-state index >= 15 is 0 Å². The summed E-state index contributed by atoms with van der Waals surface area (Å²) in [7, 11) is -3.06. The number of benzene rings is 1. The van der Waals surface area contributed by atoms with Crippen molar-refractivity contribution in [2.45, 2.75) is 37.9 Å². The Kier molecular flexibility index (Phi) is 5.12. The molecule has 9 heteroatoms. The summed E-state index contributed by atoms with van der Waals surface area (Å²) in [6.07, 6.45) is 2.07. The molecule has 1 fully saturated rings. The quantitative estimate of drug-likeness (QED) is 0.776. The number of hydrogen-bond donors (Lipinski definition) is 1. The zero-order valence-electron chi connectivity index (χ0n) is 15.0. The molecule has 0 saturated carbocycles. The standard InChI is InChI=1S/C17H22N4O3S2/c1-12-4-5-14(8-13(12)2)21-11-18-20-16(21)25-9-15(22)19-17(3)6-7-26(23,24)10-17/h4-5,8,11H,6-7,9-10H2,1-3H3,(H,19,22)/t17-/m1/s1. The predicted molar refractivity (Wildman–Crippen MR) is 101 cm³/mol. The highest BCUT2D eigenvalue weighted by atomic mass is 32.2. The molecule has 0 aliphatic carbocycles. The van der Waals surface area contributed by atoms with Gasteiger partial charge >= 0.3 is 0 Å². The molecule has 1 saturated heterocycles. The fourth-order valence-corrected chi connectivity index (χ4v) is 5.81. The number of aryl methyl sites for hydroxylation is 2. The molecule has 1 aliphatic rings. The van der Waals surface area contributed by atoms with E-state index < -0.39 is 15.4 Å². The first-order chi connectivity index (χ1) is 12.2. The van der Waals surface area contributed by atoms with Gasteiger partial charge in [0, 0.05) is 5.69 Å². The topological polar surface area (TPSA) is 93.9 Å². The summed E-state index contributed by atoms with van der Waals surface area (Å²) in [5.41, 5.74) is 2.63. The van der Waals surface area contributed by atoms with Gasteiger partial charge in [0.1, 0.15) is 6.33 Å². The Morgan fingerprint density at radius 2 is 2.12 bits per heavy atom. The van der Waals surface area contributed by atoms with Crippen molar-refractivity contribution in [1.82, 2.24) is 20.1 Å². The average molecular weight is 395 g/mol. The van der Waals surface area contributed by atoms with E-state index in [0.29, 0.717) is 11.6 Å². The maximum absolute atomic E-state index is 12.3. The molecule has 140 valence electrons.